The summed E-state index contributed by atoms with van der Waals surface area (Å²) in [5.74, 6) is -0.359. The number of aryl methyl sites for hydroxylation is 1. The Morgan fingerprint density at radius 1 is 1.00 bits per heavy atom. The van der Waals surface area contributed by atoms with Crippen LogP contribution in [0.1, 0.15) is 29.7 Å². The Kier molecular flexibility index (Phi) is 7.16. The molecule has 3 N–H and O–H groups in total. The highest BCUT2D eigenvalue weighted by atomic mass is 16.2. The largest absolute Gasteiger partial charge is 0.338 e. The second-order valence-electron chi connectivity index (χ2n) is 5.82. The molecule has 0 saturated heterocycles. The minimum Gasteiger partial charge on any atom is -0.338 e. The number of hydrogen-bond acceptors (Lipinski definition) is 3. The van der Waals surface area contributed by atoms with Crippen molar-refractivity contribution in [1.29, 1.82) is 0 Å². The molecular weight excluding hydrogens is 314 g/mol. The lowest BCUT2D eigenvalue weighted by atomic mass is 10.0. The molecule has 0 unspecified atom stereocenters. The zero-order chi connectivity index (χ0) is 18.1. The van der Waals surface area contributed by atoms with E-state index in [-0.39, 0.29) is 5.91 Å². The fraction of sp³-hybridized carbons (Fsp3) is 0.300. The van der Waals surface area contributed by atoms with E-state index < -0.39 is 12.1 Å². The third-order valence-corrected chi connectivity index (χ3v) is 3.97. The van der Waals surface area contributed by atoms with E-state index in [1.54, 1.807) is 6.92 Å². The average molecular weight is 339 g/mol. The van der Waals surface area contributed by atoms with E-state index >= 15 is 0 Å². The van der Waals surface area contributed by atoms with Gasteiger partial charge in [-0.05, 0) is 37.0 Å². The summed E-state index contributed by atoms with van der Waals surface area (Å²) < 4.78 is 0. The molecule has 2 aromatic rings. The number of carbonyl (C=O) groups is 2. The molecule has 2 rings (SSSR count). The number of hydrogen-bond donors (Lipinski definition) is 3. The van der Waals surface area contributed by atoms with Crippen molar-refractivity contribution in [2.75, 3.05) is 13.1 Å². The van der Waals surface area contributed by atoms with Crippen LogP contribution in [-0.4, -0.2) is 25.0 Å². The molecule has 2 aromatic carbocycles. The summed E-state index contributed by atoms with van der Waals surface area (Å²) in [6.07, 6.45) is 0.810. The maximum absolute atomic E-state index is 12.5. The third kappa shape index (κ3) is 5.72. The van der Waals surface area contributed by atoms with Crippen LogP contribution < -0.4 is 16.0 Å². The second kappa shape index (κ2) is 9.59. The predicted octanol–water partition coefficient (Wildman–Crippen LogP) is 2.71. The predicted molar refractivity (Wildman–Crippen MR) is 99.3 cm³/mol. The molecule has 3 amide bonds. The van der Waals surface area contributed by atoms with Crippen LogP contribution in [0.25, 0.3) is 0 Å². The molecule has 0 aromatic heterocycles. The Morgan fingerprint density at radius 3 is 2.36 bits per heavy atom. The lowest BCUT2D eigenvalue weighted by Crippen LogP contribution is -2.45. The normalized spacial score (nSPS) is 11.6. The third-order valence-electron chi connectivity index (χ3n) is 3.97. The summed E-state index contributed by atoms with van der Waals surface area (Å²) in [6, 6.07) is 16.5. The number of benzene rings is 2. The number of amides is 3. The van der Waals surface area contributed by atoms with Crippen molar-refractivity contribution in [3.63, 3.8) is 0 Å². The summed E-state index contributed by atoms with van der Waals surface area (Å²) in [6.45, 7) is 4.98. The smallest absolute Gasteiger partial charge is 0.321 e. The summed E-state index contributed by atoms with van der Waals surface area (Å²) in [5, 5.41) is 8.23. The lowest BCUT2D eigenvalue weighted by Gasteiger charge is -2.19. The van der Waals surface area contributed by atoms with E-state index in [9.17, 15) is 9.59 Å². The zero-order valence-corrected chi connectivity index (χ0v) is 14.7. The summed E-state index contributed by atoms with van der Waals surface area (Å²) in [7, 11) is 0. The SMILES string of the molecule is CCNC(=O)NC(=O)[C@@H](NCCc1ccccc1C)c1ccccc1. The van der Waals surface area contributed by atoms with Gasteiger partial charge in [0.05, 0.1) is 0 Å². The molecule has 5 nitrogen and oxygen atoms in total. The highest BCUT2D eigenvalue weighted by Crippen LogP contribution is 2.13. The first-order chi connectivity index (χ1) is 12.1. The fourth-order valence-electron chi connectivity index (χ4n) is 2.64. The van der Waals surface area contributed by atoms with Crippen molar-refractivity contribution < 1.29 is 9.59 Å². The number of carbonyl (C=O) groups excluding carboxylic acids is 2. The first-order valence-corrected chi connectivity index (χ1v) is 8.53. The van der Waals surface area contributed by atoms with Crippen molar-refractivity contribution in [2.24, 2.45) is 0 Å². The Balaban J connectivity index is 2.03. The number of rotatable bonds is 7. The number of nitrogens with one attached hydrogen (secondary N) is 3. The van der Waals surface area contributed by atoms with Crippen LogP contribution in [0.15, 0.2) is 54.6 Å². The fourth-order valence-corrected chi connectivity index (χ4v) is 2.64. The van der Waals surface area contributed by atoms with Gasteiger partial charge in [-0.2, -0.15) is 0 Å². The summed E-state index contributed by atoms with van der Waals surface area (Å²) in [5.41, 5.74) is 3.30. The highest BCUT2D eigenvalue weighted by molar-refractivity contribution is 5.97. The topological polar surface area (TPSA) is 70.2 Å². The van der Waals surface area contributed by atoms with E-state index in [0.717, 1.165) is 12.0 Å². The Labute approximate surface area is 148 Å². The van der Waals surface area contributed by atoms with Crippen LogP contribution in [0.3, 0.4) is 0 Å². The lowest BCUT2D eigenvalue weighted by molar-refractivity contribution is -0.122. The Morgan fingerprint density at radius 2 is 1.68 bits per heavy atom. The number of imide groups is 1. The number of urea groups is 1. The first-order valence-electron chi connectivity index (χ1n) is 8.53. The molecule has 5 heteroatoms. The molecular formula is C20H25N3O2. The first kappa shape index (κ1) is 18.7. The van der Waals surface area contributed by atoms with Crippen LogP contribution in [-0.2, 0) is 11.2 Å². The van der Waals surface area contributed by atoms with Gasteiger partial charge in [0.2, 0.25) is 5.91 Å². The van der Waals surface area contributed by atoms with Crippen molar-refractivity contribution >= 4 is 11.9 Å². The van der Waals surface area contributed by atoms with Gasteiger partial charge in [-0.15, -0.1) is 0 Å². The zero-order valence-electron chi connectivity index (χ0n) is 14.7. The van der Waals surface area contributed by atoms with Gasteiger partial charge in [0.15, 0.2) is 0 Å². The highest BCUT2D eigenvalue weighted by Gasteiger charge is 2.21. The molecule has 1 atom stereocenters. The van der Waals surface area contributed by atoms with E-state index in [2.05, 4.69) is 35.0 Å². The minimum atomic E-state index is -0.576. The average Bonchev–Trinajstić information content (AvgIpc) is 2.61. The summed E-state index contributed by atoms with van der Waals surface area (Å²) >= 11 is 0. The van der Waals surface area contributed by atoms with Gasteiger partial charge in [0, 0.05) is 13.1 Å². The van der Waals surface area contributed by atoms with Gasteiger partial charge in [-0.1, -0.05) is 54.6 Å². The van der Waals surface area contributed by atoms with Gasteiger partial charge in [-0.3, -0.25) is 10.1 Å². The molecule has 0 spiro atoms. The van der Waals surface area contributed by atoms with E-state index in [4.69, 9.17) is 0 Å². The molecule has 0 saturated carbocycles. The monoisotopic (exact) mass is 339 g/mol. The molecule has 132 valence electrons. The van der Waals surface area contributed by atoms with Gasteiger partial charge >= 0.3 is 6.03 Å². The minimum absolute atomic E-state index is 0.359. The van der Waals surface area contributed by atoms with Gasteiger partial charge in [0.25, 0.3) is 0 Å². The maximum Gasteiger partial charge on any atom is 0.321 e. The Hall–Kier alpha value is -2.66. The quantitative estimate of drug-likeness (QED) is 0.726. The van der Waals surface area contributed by atoms with E-state index in [1.807, 2.05) is 42.5 Å². The van der Waals surface area contributed by atoms with Crippen molar-refractivity contribution in [1.82, 2.24) is 16.0 Å². The van der Waals surface area contributed by atoms with Crippen LogP contribution in [0.2, 0.25) is 0 Å². The van der Waals surface area contributed by atoms with Crippen molar-refractivity contribution in [3.8, 4) is 0 Å². The standard InChI is InChI=1S/C20H25N3O2/c1-3-21-20(25)23-19(24)18(17-11-5-4-6-12-17)22-14-13-16-10-8-7-9-15(16)2/h4-12,18,22H,3,13-14H2,1-2H3,(H2,21,23,24,25)/t18-/m0/s1. The molecule has 0 aliphatic rings. The summed E-state index contributed by atoms with van der Waals surface area (Å²) in [4.78, 5) is 24.2. The molecule has 0 heterocycles. The molecule has 0 aliphatic carbocycles. The van der Waals surface area contributed by atoms with Gasteiger partial charge < -0.3 is 10.6 Å². The van der Waals surface area contributed by atoms with Crippen molar-refractivity contribution in [2.45, 2.75) is 26.3 Å². The second-order valence-corrected chi connectivity index (χ2v) is 5.82. The van der Waals surface area contributed by atoms with Crippen molar-refractivity contribution in [3.05, 3.63) is 71.3 Å². The maximum atomic E-state index is 12.5. The van der Waals surface area contributed by atoms with E-state index in [1.165, 1.54) is 11.1 Å². The van der Waals surface area contributed by atoms with Gasteiger partial charge in [-0.25, -0.2) is 4.79 Å². The molecule has 25 heavy (non-hydrogen) atoms. The Bertz CT molecular complexity index is 701. The molecule has 0 bridgehead atoms. The molecule has 0 aliphatic heterocycles. The molecule has 0 fully saturated rings. The van der Waals surface area contributed by atoms with Crippen LogP contribution in [0, 0.1) is 6.92 Å². The van der Waals surface area contributed by atoms with Crippen LogP contribution in [0.4, 0.5) is 4.79 Å². The van der Waals surface area contributed by atoms with E-state index in [0.29, 0.717) is 13.1 Å². The molecule has 0 radical (unpaired) electrons. The van der Waals surface area contributed by atoms with Crippen LogP contribution >= 0.6 is 0 Å². The van der Waals surface area contributed by atoms with Gasteiger partial charge in [0.1, 0.15) is 6.04 Å². The van der Waals surface area contributed by atoms with Crippen LogP contribution in [0.5, 0.6) is 0 Å².